The Kier molecular flexibility index (Phi) is 6.09. The fourth-order valence-corrected chi connectivity index (χ4v) is 3.37. The van der Waals surface area contributed by atoms with Crippen molar-refractivity contribution in [2.45, 2.75) is 25.7 Å². The fourth-order valence-electron chi connectivity index (χ4n) is 2.06. The summed E-state index contributed by atoms with van der Waals surface area (Å²) in [5.74, 6) is -1.12. The number of aliphatic carboxylic acids is 1. The highest BCUT2D eigenvalue weighted by atomic mass is 32.2. The van der Waals surface area contributed by atoms with Crippen LogP contribution >= 0.6 is 24.0 Å². The molecule has 0 spiro atoms. The van der Waals surface area contributed by atoms with Crippen molar-refractivity contribution in [3.63, 3.8) is 0 Å². The summed E-state index contributed by atoms with van der Waals surface area (Å²) in [4.78, 5) is 27.8. The Labute approximate surface area is 138 Å². The number of aromatic nitrogens is 1. The third-order valence-corrected chi connectivity index (χ3v) is 4.54. The van der Waals surface area contributed by atoms with E-state index in [1.165, 1.54) is 11.8 Å². The van der Waals surface area contributed by atoms with E-state index >= 15 is 0 Å². The minimum atomic E-state index is -1.03. The zero-order valence-electron chi connectivity index (χ0n) is 11.9. The van der Waals surface area contributed by atoms with Crippen LogP contribution in [-0.4, -0.2) is 27.6 Å². The first-order valence-electron chi connectivity index (χ1n) is 6.99. The number of nitrogens with one attached hydrogen (secondary N) is 1. The minimum absolute atomic E-state index is 0.0583. The van der Waals surface area contributed by atoms with Gasteiger partial charge in [-0.3, -0.25) is 9.69 Å². The van der Waals surface area contributed by atoms with E-state index in [0.717, 1.165) is 18.4 Å². The normalized spacial score (nSPS) is 16.5. The number of thioether (sulfide) groups is 1. The molecule has 1 aromatic heterocycles. The smallest absolute Gasteiger partial charge is 0.266 e. The van der Waals surface area contributed by atoms with E-state index in [-0.39, 0.29) is 12.3 Å². The molecule has 1 fully saturated rings. The van der Waals surface area contributed by atoms with Crippen molar-refractivity contribution in [1.82, 2.24) is 4.90 Å². The molecule has 2 rings (SSSR count). The van der Waals surface area contributed by atoms with Gasteiger partial charge in [0, 0.05) is 24.1 Å². The summed E-state index contributed by atoms with van der Waals surface area (Å²) >= 11 is 6.54. The molecule has 7 heteroatoms. The van der Waals surface area contributed by atoms with E-state index in [0.29, 0.717) is 22.2 Å². The zero-order valence-corrected chi connectivity index (χ0v) is 13.5. The Bertz CT molecular complexity index is 602. The summed E-state index contributed by atoms with van der Waals surface area (Å²) in [6, 6.07) is 3.77. The largest absolute Gasteiger partial charge is 0.550 e. The predicted octanol–water partition coefficient (Wildman–Crippen LogP) is 1.01. The van der Waals surface area contributed by atoms with Crippen molar-refractivity contribution in [2.24, 2.45) is 0 Å². The number of pyridine rings is 1. The number of rotatable bonds is 7. The van der Waals surface area contributed by atoms with Crippen LogP contribution in [0.4, 0.5) is 0 Å². The molecular formula is C15H16N2O3S2. The molecule has 1 aliphatic rings. The topological polar surface area (TPSA) is 74.6 Å². The Morgan fingerprint density at radius 1 is 1.41 bits per heavy atom. The average molecular weight is 336 g/mol. The number of carbonyl (C=O) groups is 2. The molecule has 5 nitrogen and oxygen atoms in total. The van der Waals surface area contributed by atoms with E-state index in [4.69, 9.17) is 12.2 Å². The summed E-state index contributed by atoms with van der Waals surface area (Å²) in [6.07, 6.45) is 7.51. The summed E-state index contributed by atoms with van der Waals surface area (Å²) in [6.45, 7) is 0.524. The molecule has 0 atom stereocenters. The van der Waals surface area contributed by atoms with E-state index in [2.05, 4.69) is 4.98 Å². The minimum Gasteiger partial charge on any atom is -0.550 e. The van der Waals surface area contributed by atoms with Crippen LogP contribution < -0.4 is 10.1 Å². The molecule has 116 valence electrons. The van der Waals surface area contributed by atoms with Crippen LogP contribution in [0.25, 0.3) is 6.08 Å². The van der Waals surface area contributed by atoms with E-state index < -0.39 is 5.97 Å². The van der Waals surface area contributed by atoms with Crippen molar-refractivity contribution in [3.8, 4) is 0 Å². The van der Waals surface area contributed by atoms with E-state index in [9.17, 15) is 14.7 Å². The Hall–Kier alpha value is -1.73. The zero-order chi connectivity index (χ0) is 15.9. The lowest BCUT2D eigenvalue weighted by molar-refractivity contribution is -0.378. The fraction of sp³-hybridized carbons (Fsp3) is 0.333. The number of H-pyrrole nitrogens is 1. The molecule has 22 heavy (non-hydrogen) atoms. The van der Waals surface area contributed by atoms with Crippen molar-refractivity contribution >= 4 is 46.3 Å². The Morgan fingerprint density at radius 3 is 2.91 bits per heavy atom. The molecule has 0 aliphatic carbocycles. The molecule has 1 aliphatic heterocycles. The highest BCUT2D eigenvalue weighted by molar-refractivity contribution is 8.26. The molecule has 0 radical (unpaired) electrons. The second-order valence-electron chi connectivity index (χ2n) is 4.85. The number of amides is 1. The first kappa shape index (κ1) is 16.6. The second-order valence-corrected chi connectivity index (χ2v) is 6.53. The standard InChI is InChI=1S/C15H16N2O3S2/c18-13(19)6-2-1-3-8-17-14(20)12(22-15(17)21)9-11-5-4-7-16-10-11/h4-5,7,9-10H,1-3,6,8H2,(H,18,19)/b12-9-. The van der Waals surface area contributed by atoms with Gasteiger partial charge in [0.2, 0.25) is 0 Å². The number of hydrogen-bond acceptors (Lipinski definition) is 5. The summed E-state index contributed by atoms with van der Waals surface area (Å²) < 4.78 is 0.552. The first-order valence-corrected chi connectivity index (χ1v) is 8.22. The number of unbranched alkanes of at least 4 members (excludes halogenated alkanes) is 2. The highest BCUT2D eigenvalue weighted by Crippen LogP contribution is 2.32. The maximum absolute atomic E-state index is 12.3. The highest BCUT2D eigenvalue weighted by Gasteiger charge is 2.31. The SMILES string of the molecule is O=C([O-])CCCCCN1C(=O)/C(=C/c2ccc[nH+]c2)SC1=S. The maximum atomic E-state index is 12.3. The quantitative estimate of drug-likeness (QED) is 0.422. The van der Waals surface area contributed by atoms with Crippen LogP contribution in [0.2, 0.25) is 0 Å². The summed E-state index contributed by atoms with van der Waals surface area (Å²) in [7, 11) is 0. The number of hydrogen-bond donors (Lipinski definition) is 0. The average Bonchev–Trinajstić information content (AvgIpc) is 2.75. The van der Waals surface area contributed by atoms with Crippen molar-refractivity contribution in [3.05, 3.63) is 35.0 Å². The summed E-state index contributed by atoms with van der Waals surface area (Å²) in [5.41, 5.74) is 0.914. The molecule has 0 bridgehead atoms. The van der Waals surface area contributed by atoms with Gasteiger partial charge in [-0.1, -0.05) is 30.4 Å². The second kappa shape index (κ2) is 8.05. The lowest BCUT2D eigenvalue weighted by atomic mass is 10.2. The van der Waals surface area contributed by atoms with Crippen molar-refractivity contribution in [1.29, 1.82) is 0 Å². The van der Waals surface area contributed by atoms with Gasteiger partial charge in [0.25, 0.3) is 5.91 Å². The first-order chi connectivity index (χ1) is 10.6. The molecule has 1 saturated heterocycles. The number of aromatic amines is 1. The summed E-state index contributed by atoms with van der Waals surface area (Å²) in [5, 5.41) is 10.3. The van der Waals surface area contributed by atoms with Crippen LogP contribution in [0.15, 0.2) is 29.4 Å². The van der Waals surface area contributed by atoms with Crippen LogP contribution in [0, 0.1) is 0 Å². The van der Waals surface area contributed by atoms with Crippen molar-refractivity contribution < 1.29 is 19.7 Å². The van der Waals surface area contributed by atoms with E-state index in [1.807, 2.05) is 24.4 Å². The number of nitrogens with zero attached hydrogens (tertiary/aromatic N) is 1. The van der Waals surface area contributed by atoms with Gasteiger partial charge >= 0.3 is 0 Å². The molecule has 0 aromatic carbocycles. The molecule has 0 saturated carbocycles. The van der Waals surface area contributed by atoms with Gasteiger partial charge in [-0.25, -0.2) is 4.98 Å². The molecule has 2 heterocycles. The number of thiocarbonyl (C=S) groups is 1. The maximum Gasteiger partial charge on any atom is 0.266 e. The lowest BCUT2D eigenvalue weighted by Crippen LogP contribution is -2.29. The number of carboxylic acid groups (broad SMARTS) is 1. The van der Waals surface area contributed by atoms with Gasteiger partial charge in [0.1, 0.15) is 4.32 Å². The predicted molar refractivity (Wildman–Crippen MR) is 86.4 cm³/mol. The van der Waals surface area contributed by atoms with Gasteiger partial charge in [-0.05, 0) is 31.4 Å². The van der Waals surface area contributed by atoms with Gasteiger partial charge in [-0.15, -0.1) is 0 Å². The monoisotopic (exact) mass is 336 g/mol. The number of carbonyl (C=O) groups excluding carboxylic acids is 2. The van der Waals surface area contributed by atoms with Crippen molar-refractivity contribution in [2.75, 3.05) is 6.54 Å². The van der Waals surface area contributed by atoms with Gasteiger partial charge < -0.3 is 9.90 Å². The third-order valence-electron chi connectivity index (χ3n) is 3.17. The van der Waals surface area contributed by atoms with Crippen LogP contribution in [0.5, 0.6) is 0 Å². The number of carboxylic acids is 1. The Morgan fingerprint density at radius 2 is 2.23 bits per heavy atom. The third kappa shape index (κ3) is 4.64. The van der Waals surface area contributed by atoms with Crippen LogP contribution in [0.3, 0.4) is 0 Å². The van der Waals surface area contributed by atoms with Gasteiger partial charge in [0.15, 0.2) is 12.4 Å². The van der Waals surface area contributed by atoms with Crippen LogP contribution in [-0.2, 0) is 9.59 Å². The van der Waals surface area contributed by atoms with Crippen LogP contribution in [0.1, 0.15) is 31.2 Å². The molecule has 0 unspecified atom stereocenters. The molecule has 1 N–H and O–H groups in total. The molecular weight excluding hydrogens is 320 g/mol. The van der Waals surface area contributed by atoms with Gasteiger partial charge in [0.05, 0.1) is 4.91 Å². The molecule has 1 aromatic rings. The molecule has 1 amide bonds. The van der Waals surface area contributed by atoms with E-state index in [1.54, 1.807) is 11.1 Å². The Balaban J connectivity index is 1.89. The van der Waals surface area contributed by atoms with Gasteiger partial charge in [-0.2, -0.15) is 0 Å². The lowest BCUT2D eigenvalue weighted by Gasteiger charge is -2.14.